The molecule has 0 radical (unpaired) electrons. The number of methoxy groups -OCH3 is 2. The van der Waals surface area contributed by atoms with E-state index in [1.54, 1.807) is 31.2 Å². The normalized spacial score (nSPS) is 11.0. The highest BCUT2D eigenvalue weighted by molar-refractivity contribution is 7.92. The summed E-state index contributed by atoms with van der Waals surface area (Å²) in [6.45, 7) is 1.88. The van der Waals surface area contributed by atoms with Gasteiger partial charge in [0.2, 0.25) is 5.91 Å². The van der Waals surface area contributed by atoms with Gasteiger partial charge in [-0.1, -0.05) is 18.2 Å². The van der Waals surface area contributed by atoms with Gasteiger partial charge in [0, 0.05) is 13.7 Å². The summed E-state index contributed by atoms with van der Waals surface area (Å²) in [4.78, 5) is 11.9. The highest BCUT2D eigenvalue weighted by Crippen LogP contribution is 2.30. The van der Waals surface area contributed by atoms with Gasteiger partial charge in [-0.25, -0.2) is 8.42 Å². The number of nitrogens with one attached hydrogen (secondary N) is 1. The minimum absolute atomic E-state index is 0.0525. The molecule has 0 saturated carbocycles. The van der Waals surface area contributed by atoms with Crippen LogP contribution < -0.4 is 14.4 Å². The predicted molar refractivity (Wildman–Crippen MR) is 100 cm³/mol. The summed E-state index contributed by atoms with van der Waals surface area (Å²) >= 11 is 0. The minimum Gasteiger partial charge on any atom is -0.495 e. The van der Waals surface area contributed by atoms with Crippen molar-refractivity contribution < 1.29 is 22.7 Å². The number of carbonyl (C=O) groups is 1. The quantitative estimate of drug-likeness (QED) is 0.763. The van der Waals surface area contributed by atoms with E-state index in [1.165, 1.54) is 36.7 Å². The number of rotatable bonds is 8. The second-order valence-electron chi connectivity index (χ2n) is 5.35. The molecule has 0 bridgehead atoms. The Morgan fingerprint density at radius 2 is 1.81 bits per heavy atom. The van der Waals surface area contributed by atoms with Crippen molar-refractivity contribution in [2.75, 3.05) is 37.0 Å². The summed E-state index contributed by atoms with van der Waals surface area (Å²) in [7, 11) is -0.963. The number of nitrogens with zero attached hydrogens (tertiary/aromatic N) is 1. The van der Waals surface area contributed by atoms with Gasteiger partial charge >= 0.3 is 0 Å². The maximum absolute atomic E-state index is 13.1. The summed E-state index contributed by atoms with van der Waals surface area (Å²) in [5.41, 5.74) is 0.829. The Morgan fingerprint density at radius 3 is 2.38 bits per heavy atom. The molecule has 0 saturated heterocycles. The number of para-hydroxylation sites is 1. The molecule has 2 aromatic rings. The first-order valence-electron chi connectivity index (χ1n) is 7.98. The Morgan fingerprint density at radius 1 is 1.12 bits per heavy atom. The molecule has 0 fully saturated rings. The Hall–Kier alpha value is -2.58. The fourth-order valence-corrected chi connectivity index (χ4v) is 3.98. The van der Waals surface area contributed by atoms with Crippen LogP contribution in [0.3, 0.4) is 0 Å². The van der Waals surface area contributed by atoms with Crippen molar-refractivity contribution >= 4 is 27.3 Å². The van der Waals surface area contributed by atoms with E-state index >= 15 is 0 Å². The summed E-state index contributed by atoms with van der Waals surface area (Å²) in [6.07, 6.45) is 0. The van der Waals surface area contributed by atoms with E-state index in [-0.39, 0.29) is 23.7 Å². The Balaban J connectivity index is 2.44. The molecule has 0 heterocycles. The number of hydrogen-bond donors (Lipinski definition) is 1. The molecule has 2 aromatic carbocycles. The first-order valence-corrected chi connectivity index (χ1v) is 9.42. The Labute approximate surface area is 153 Å². The number of anilines is 2. The van der Waals surface area contributed by atoms with Gasteiger partial charge in [-0.15, -0.1) is 0 Å². The van der Waals surface area contributed by atoms with Crippen LogP contribution in [0.2, 0.25) is 0 Å². The fraction of sp³-hybridized carbons (Fsp3) is 0.278. The molecule has 1 amide bonds. The third-order valence-electron chi connectivity index (χ3n) is 3.64. The van der Waals surface area contributed by atoms with Crippen LogP contribution in [0.15, 0.2) is 53.4 Å². The molecule has 1 N–H and O–H groups in total. The van der Waals surface area contributed by atoms with E-state index in [4.69, 9.17) is 9.47 Å². The first kappa shape index (κ1) is 19.7. The number of sulfonamides is 1. The molecule has 0 aromatic heterocycles. The molecule has 0 spiro atoms. The molecule has 140 valence electrons. The van der Waals surface area contributed by atoms with Crippen molar-refractivity contribution in [2.45, 2.75) is 11.8 Å². The van der Waals surface area contributed by atoms with Crippen LogP contribution in [0.5, 0.6) is 5.75 Å². The molecular weight excluding hydrogens is 356 g/mol. The van der Waals surface area contributed by atoms with Gasteiger partial charge in [-0.05, 0) is 37.3 Å². The summed E-state index contributed by atoms with van der Waals surface area (Å²) in [5.74, 6) is -0.0492. The monoisotopic (exact) mass is 378 g/mol. The standard InChI is InChI=1S/C18H22N2O5S/c1-4-20(14-8-6-5-7-9-14)26(22,23)15-10-11-17(25-3)16(12-15)19-18(21)13-24-2/h5-12H,4,13H2,1-3H3,(H,19,21). The molecular formula is C18H22N2O5S. The minimum atomic E-state index is -3.80. The molecule has 0 atom stereocenters. The van der Waals surface area contributed by atoms with Crippen molar-refractivity contribution in [1.29, 1.82) is 0 Å². The van der Waals surface area contributed by atoms with Gasteiger partial charge in [-0.2, -0.15) is 0 Å². The van der Waals surface area contributed by atoms with Crippen LogP contribution in [0, 0.1) is 0 Å². The number of benzene rings is 2. The van der Waals surface area contributed by atoms with E-state index in [0.29, 0.717) is 11.4 Å². The van der Waals surface area contributed by atoms with Crippen LogP contribution in [-0.2, 0) is 19.6 Å². The van der Waals surface area contributed by atoms with Gasteiger partial charge in [0.1, 0.15) is 12.4 Å². The highest BCUT2D eigenvalue weighted by atomic mass is 32.2. The van der Waals surface area contributed by atoms with Gasteiger partial charge in [0.25, 0.3) is 10.0 Å². The van der Waals surface area contributed by atoms with Crippen molar-refractivity contribution in [3.05, 3.63) is 48.5 Å². The van der Waals surface area contributed by atoms with E-state index in [2.05, 4.69) is 5.32 Å². The lowest BCUT2D eigenvalue weighted by Crippen LogP contribution is -2.30. The van der Waals surface area contributed by atoms with E-state index in [9.17, 15) is 13.2 Å². The maximum Gasteiger partial charge on any atom is 0.264 e. The van der Waals surface area contributed by atoms with Crippen LogP contribution in [0.1, 0.15) is 6.92 Å². The Bertz CT molecular complexity index is 853. The van der Waals surface area contributed by atoms with Crippen molar-refractivity contribution in [2.24, 2.45) is 0 Å². The predicted octanol–water partition coefficient (Wildman–Crippen LogP) is 2.50. The van der Waals surface area contributed by atoms with Crippen LogP contribution in [0.4, 0.5) is 11.4 Å². The number of carbonyl (C=O) groups excluding carboxylic acids is 1. The lowest BCUT2D eigenvalue weighted by Gasteiger charge is -2.23. The third kappa shape index (κ3) is 4.33. The molecule has 0 unspecified atom stereocenters. The summed E-state index contributed by atoms with van der Waals surface area (Å²) in [5, 5.41) is 2.60. The molecule has 7 nitrogen and oxygen atoms in total. The zero-order valence-corrected chi connectivity index (χ0v) is 15.7. The van der Waals surface area contributed by atoms with E-state index in [1.807, 2.05) is 6.07 Å². The molecule has 2 rings (SSSR count). The second-order valence-corrected chi connectivity index (χ2v) is 7.21. The molecule has 0 aliphatic heterocycles. The molecule has 8 heteroatoms. The Kier molecular flexibility index (Phi) is 6.59. The van der Waals surface area contributed by atoms with E-state index in [0.717, 1.165) is 0 Å². The third-order valence-corrected chi connectivity index (χ3v) is 5.54. The van der Waals surface area contributed by atoms with Crippen molar-refractivity contribution in [3.63, 3.8) is 0 Å². The molecule has 0 aliphatic carbocycles. The maximum atomic E-state index is 13.1. The number of hydrogen-bond acceptors (Lipinski definition) is 5. The number of ether oxygens (including phenoxy) is 2. The highest BCUT2D eigenvalue weighted by Gasteiger charge is 2.25. The van der Waals surface area contributed by atoms with E-state index < -0.39 is 15.9 Å². The zero-order valence-electron chi connectivity index (χ0n) is 14.9. The lowest BCUT2D eigenvalue weighted by molar-refractivity contribution is -0.119. The van der Waals surface area contributed by atoms with Crippen LogP contribution >= 0.6 is 0 Å². The lowest BCUT2D eigenvalue weighted by atomic mass is 10.3. The average Bonchev–Trinajstić information content (AvgIpc) is 2.63. The average molecular weight is 378 g/mol. The van der Waals surface area contributed by atoms with Gasteiger partial charge < -0.3 is 14.8 Å². The zero-order chi connectivity index (χ0) is 19.2. The van der Waals surface area contributed by atoms with Gasteiger partial charge in [0.05, 0.1) is 23.4 Å². The summed E-state index contributed by atoms with van der Waals surface area (Å²) < 4.78 is 37.4. The van der Waals surface area contributed by atoms with Gasteiger partial charge in [0.15, 0.2) is 0 Å². The van der Waals surface area contributed by atoms with Crippen LogP contribution in [-0.4, -0.2) is 41.7 Å². The topological polar surface area (TPSA) is 84.9 Å². The smallest absolute Gasteiger partial charge is 0.264 e. The van der Waals surface area contributed by atoms with Crippen LogP contribution in [0.25, 0.3) is 0 Å². The number of amides is 1. The van der Waals surface area contributed by atoms with Gasteiger partial charge in [-0.3, -0.25) is 9.10 Å². The molecule has 26 heavy (non-hydrogen) atoms. The second kappa shape index (κ2) is 8.68. The van der Waals surface area contributed by atoms with Crippen molar-refractivity contribution in [3.8, 4) is 5.75 Å². The summed E-state index contributed by atoms with van der Waals surface area (Å²) in [6, 6.07) is 13.2. The largest absolute Gasteiger partial charge is 0.495 e. The fourth-order valence-electron chi connectivity index (χ4n) is 2.48. The SMILES string of the molecule is CCN(c1ccccc1)S(=O)(=O)c1ccc(OC)c(NC(=O)COC)c1. The van der Waals surface area contributed by atoms with Crippen molar-refractivity contribution in [1.82, 2.24) is 0 Å². The molecule has 0 aliphatic rings. The first-order chi connectivity index (χ1) is 12.4.